The van der Waals surface area contributed by atoms with Gasteiger partial charge in [0.1, 0.15) is 11.8 Å². The van der Waals surface area contributed by atoms with Crippen molar-refractivity contribution in [2.24, 2.45) is 5.73 Å². The van der Waals surface area contributed by atoms with Gasteiger partial charge in [0.05, 0.1) is 4.92 Å². The number of carbonyl (C=O) groups is 1. The molecule has 0 saturated carbocycles. The number of pyridine rings is 1. The Morgan fingerprint density at radius 1 is 1.45 bits per heavy atom. The fourth-order valence-electron chi connectivity index (χ4n) is 1.25. The minimum absolute atomic E-state index is 0.199. The lowest BCUT2D eigenvalue weighted by atomic mass is 10.1. The summed E-state index contributed by atoms with van der Waals surface area (Å²) in [5.41, 5.74) is 0.224. The van der Waals surface area contributed by atoms with Crippen LogP contribution in [-0.4, -0.2) is 22.2 Å². The Hall–Kier alpha value is -2.53. The summed E-state index contributed by atoms with van der Waals surface area (Å²) >= 11 is 0. The molecule has 0 atom stereocenters. The first-order valence-corrected chi connectivity index (χ1v) is 4.55. The number of nitrogens with zero attached hydrogens (tertiary/aromatic N) is 2. The first-order chi connectivity index (χ1) is 9.04. The Labute approximate surface area is 106 Å². The van der Waals surface area contributed by atoms with Gasteiger partial charge >= 0.3 is 6.36 Å². The standard InChI is InChI=1S/C8H4F5N3O4/c9-6(10)3-2(16(18)19)1-15-4(7(14)17)5(3)20-8(11,12)13/h1,6H,(H2,14,17). The fraction of sp³-hybridized carbons (Fsp3) is 0.250. The second-order valence-corrected chi connectivity index (χ2v) is 3.20. The van der Waals surface area contributed by atoms with E-state index in [0.717, 1.165) is 0 Å². The average molecular weight is 301 g/mol. The molecule has 0 aromatic carbocycles. The SMILES string of the molecule is NC(=O)c1ncc([N+](=O)[O-])c(C(F)F)c1OC(F)(F)F. The van der Waals surface area contributed by atoms with Crippen LogP contribution in [0.4, 0.5) is 27.6 Å². The molecule has 0 radical (unpaired) electrons. The van der Waals surface area contributed by atoms with Crippen LogP contribution in [0, 0.1) is 10.1 Å². The maximum absolute atomic E-state index is 12.7. The van der Waals surface area contributed by atoms with Gasteiger partial charge < -0.3 is 10.5 Å². The maximum Gasteiger partial charge on any atom is 0.573 e. The Morgan fingerprint density at radius 3 is 2.35 bits per heavy atom. The molecular formula is C8H4F5N3O4. The number of rotatable bonds is 4. The number of halogens is 5. The van der Waals surface area contributed by atoms with Gasteiger partial charge in [-0.3, -0.25) is 14.9 Å². The third kappa shape index (κ3) is 3.27. The molecule has 1 amide bonds. The highest BCUT2D eigenvalue weighted by molar-refractivity contribution is 5.94. The van der Waals surface area contributed by atoms with E-state index >= 15 is 0 Å². The van der Waals surface area contributed by atoms with Crippen molar-refractivity contribution in [1.82, 2.24) is 4.98 Å². The lowest BCUT2D eigenvalue weighted by Gasteiger charge is -2.14. The van der Waals surface area contributed by atoms with Crippen molar-refractivity contribution < 1.29 is 36.4 Å². The van der Waals surface area contributed by atoms with Gasteiger partial charge in [0.25, 0.3) is 18.0 Å². The molecule has 0 fully saturated rings. The summed E-state index contributed by atoms with van der Waals surface area (Å²) < 4.78 is 65.1. The highest BCUT2D eigenvalue weighted by atomic mass is 19.4. The fourth-order valence-corrected chi connectivity index (χ4v) is 1.25. The molecule has 1 aromatic heterocycles. The zero-order valence-electron chi connectivity index (χ0n) is 9.15. The number of hydrogen-bond donors (Lipinski definition) is 1. The number of primary amides is 1. The molecule has 0 spiro atoms. The van der Waals surface area contributed by atoms with Crippen LogP contribution in [-0.2, 0) is 0 Å². The number of carbonyl (C=O) groups excluding carboxylic acids is 1. The van der Waals surface area contributed by atoms with Crippen LogP contribution in [0.5, 0.6) is 5.75 Å². The molecule has 0 aliphatic rings. The van der Waals surface area contributed by atoms with Crippen molar-refractivity contribution in [2.75, 3.05) is 0 Å². The second kappa shape index (κ2) is 5.22. The number of aromatic nitrogens is 1. The molecule has 1 rings (SSSR count). The third-order valence-electron chi connectivity index (χ3n) is 1.92. The number of hydrogen-bond acceptors (Lipinski definition) is 5. The Balaban J connectivity index is 3.65. The molecule has 1 heterocycles. The normalized spacial score (nSPS) is 11.5. The summed E-state index contributed by atoms with van der Waals surface area (Å²) in [5, 5.41) is 10.5. The molecule has 1 aromatic rings. The molecule has 0 unspecified atom stereocenters. The molecule has 0 saturated heterocycles. The predicted octanol–water partition coefficient (Wildman–Crippen LogP) is 1.92. The van der Waals surface area contributed by atoms with Crippen molar-refractivity contribution in [2.45, 2.75) is 12.8 Å². The number of amides is 1. The minimum Gasteiger partial charge on any atom is -0.402 e. The van der Waals surface area contributed by atoms with Gasteiger partial charge in [-0.2, -0.15) is 0 Å². The van der Waals surface area contributed by atoms with Gasteiger partial charge in [-0.05, 0) is 0 Å². The Kier molecular flexibility index (Phi) is 4.06. The van der Waals surface area contributed by atoms with Gasteiger partial charge in [-0.25, -0.2) is 13.8 Å². The highest BCUT2D eigenvalue weighted by Gasteiger charge is 2.39. The summed E-state index contributed by atoms with van der Waals surface area (Å²) in [7, 11) is 0. The van der Waals surface area contributed by atoms with Crippen LogP contribution in [0.25, 0.3) is 0 Å². The predicted molar refractivity (Wildman–Crippen MR) is 51.0 cm³/mol. The van der Waals surface area contributed by atoms with E-state index in [1.807, 2.05) is 0 Å². The summed E-state index contributed by atoms with van der Waals surface area (Å²) in [6.45, 7) is 0. The van der Waals surface area contributed by atoms with E-state index in [1.165, 1.54) is 0 Å². The molecule has 20 heavy (non-hydrogen) atoms. The van der Waals surface area contributed by atoms with Gasteiger partial charge in [-0.1, -0.05) is 0 Å². The number of ether oxygens (including phenoxy) is 1. The van der Waals surface area contributed by atoms with E-state index in [9.17, 15) is 36.9 Å². The molecular weight excluding hydrogens is 297 g/mol. The zero-order chi connectivity index (χ0) is 15.7. The first-order valence-electron chi connectivity index (χ1n) is 4.55. The van der Waals surface area contributed by atoms with Crippen molar-refractivity contribution in [3.8, 4) is 5.75 Å². The molecule has 0 aliphatic carbocycles. The quantitative estimate of drug-likeness (QED) is 0.519. The molecule has 7 nitrogen and oxygen atoms in total. The number of nitrogens with two attached hydrogens (primary N) is 1. The largest absolute Gasteiger partial charge is 0.573 e. The monoisotopic (exact) mass is 301 g/mol. The van der Waals surface area contributed by atoms with Crippen molar-refractivity contribution >= 4 is 11.6 Å². The summed E-state index contributed by atoms with van der Waals surface area (Å²) in [6, 6.07) is 0. The summed E-state index contributed by atoms with van der Waals surface area (Å²) in [6.07, 6.45) is -8.98. The van der Waals surface area contributed by atoms with Crippen molar-refractivity contribution in [1.29, 1.82) is 0 Å². The van der Waals surface area contributed by atoms with Crippen LogP contribution in [0.2, 0.25) is 0 Å². The van der Waals surface area contributed by atoms with E-state index < -0.39 is 46.3 Å². The molecule has 2 N–H and O–H groups in total. The number of nitro groups is 1. The smallest absolute Gasteiger partial charge is 0.402 e. The summed E-state index contributed by atoms with van der Waals surface area (Å²) in [5.74, 6) is -3.39. The van der Waals surface area contributed by atoms with Crippen LogP contribution in [0.3, 0.4) is 0 Å². The summed E-state index contributed by atoms with van der Waals surface area (Å²) in [4.78, 5) is 22.9. The lowest BCUT2D eigenvalue weighted by molar-refractivity contribution is -0.386. The van der Waals surface area contributed by atoms with E-state index in [-0.39, 0.29) is 6.20 Å². The maximum atomic E-state index is 12.7. The molecule has 0 aliphatic heterocycles. The van der Waals surface area contributed by atoms with Crippen LogP contribution in [0.1, 0.15) is 22.5 Å². The molecule has 0 bridgehead atoms. The van der Waals surface area contributed by atoms with Crippen molar-refractivity contribution in [3.63, 3.8) is 0 Å². The van der Waals surface area contributed by atoms with Gasteiger partial charge in [0, 0.05) is 0 Å². The third-order valence-corrected chi connectivity index (χ3v) is 1.92. The van der Waals surface area contributed by atoms with E-state index in [1.54, 1.807) is 0 Å². The zero-order valence-corrected chi connectivity index (χ0v) is 9.15. The van der Waals surface area contributed by atoms with E-state index in [0.29, 0.717) is 0 Å². The van der Waals surface area contributed by atoms with Crippen LogP contribution >= 0.6 is 0 Å². The average Bonchev–Trinajstić information content (AvgIpc) is 2.24. The van der Waals surface area contributed by atoms with Crippen molar-refractivity contribution in [3.05, 3.63) is 27.6 Å². The Bertz CT molecular complexity index is 560. The van der Waals surface area contributed by atoms with Gasteiger partial charge in [0.2, 0.25) is 0 Å². The Morgan fingerprint density at radius 2 is 2.00 bits per heavy atom. The van der Waals surface area contributed by atoms with Gasteiger partial charge in [-0.15, -0.1) is 13.2 Å². The van der Waals surface area contributed by atoms with Crippen LogP contribution < -0.4 is 10.5 Å². The molecule has 12 heteroatoms. The van der Waals surface area contributed by atoms with Gasteiger partial charge in [0.15, 0.2) is 11.4 Å². The number of alkyl halides is 5. The van der Waals surface area contributed by atoms with E-state index in [4.69, 9.17) is 0 Å². The topological polar surface area (TPSA) is 108 Å². The minimum atomic E-state index is -5.47. The molecule has 110 valence electrons. The second-order valence-electron chi connectivity index (χ2n) is 3.20. The first kappa shape index (κ1) is 15.5. The van der Waals surface area contributed by atoms with E-state index in [2.05, 4.69) is 15.5 Å². The lowest BCUT2D eigenvalue weighted by Crippen LogP contribution is -2.23. The van der Waals surface area contributed by atoms with Crippen LogP contribution in [0.15, 0.2) is 6.20 Å². The highest BCUT2D eigenvalue weighted by Crippen LogP contribution is 2.40.